The molecule has 2 N–H and O–H groups in total. The number of amides is 1. The lowest BCUT2D eigenvalue weighted by Gasteiger charge is -2.27. The maximum Gasteiger partial charge on any atom is 0.305 e. The molecule has 18 heavy (non-hydrogen) atoms. The molecule has 0 saturated carbocycles. The van der Waals surface area contributed by atoms with E-state index < -0.39 is 17.4 Å². The third-order valence-corrected chi connectivity index (χ3v) is 2.64. The van der Waals surface area contributed by atoms with E-state index in [2.05, 4.69) is 21.2 Å². The summed E-state index contributed by atoms with van der Waals surface area (Å²) < 4.78 is 10.5. The van der Waals surface area contributed by atoms with Crippen LogP contribution in [-0.4, -0.2) is 36.2 Å². The SMILES string of the molecule is COCC(C)(CC(=O)O)NC(=O)c1ccc(Br)o1. The molecule has 1 aromatic rings. The Hall–Kier alpha value is -1.34. The monoisotopic (exact) mass is 319 g/mol. The molecule has 0 spiro atoms. The van der Waals surface area contributed by atoms with Gasteiger partial charge in [-0.1, -0.05) is 0 Å². The van der Waals surface area contributed by atoms with Gasteiger partial charge in [0.05, 0.1) is 18.6 Å². The summed E-state index contributed by atoms with van der Waals surface area (Å²) in [5.74, 6) is -1.40. The molecule has 1 amide bonds. The predicted octanol–water partition coefficient (Wildman–Crippen LogP) is 1.65. The first kappa shape index (κ1) is 14.7. The Morgan fingerprint density at radius 2 is 2.22 bits per heavy atom. The van der Waals surface area contributed by atoms with E-state index >= 15 is 0 Å². The number of carboxylic acids is 1. The van der Waals surface area contributed by atoms with Crippen molar-refractivity contribution in [2.75, 3.05) is 13.7 Å². The molecule has 0 saturated heterocycles. The standard InChI is InChI=1S/C11H14BrNO5/c1-11(6-17-2,5-9(14)15)13-10(16)7-3-4-8(12)18-7/h3-4H,5-6H2,1-2H3,(H,13,16)(H,14,15). The van der Waals surface area contributed by atoms with E-state index in [-0.39, 0.29) is 18.8 Å². The normalized spacial score (nSPS) is 13.9. The van der Waals surface area contributed by atoms with Crippen LogP contribution in [0.1, 0.15) is 23.9 Å². The first-order valence-corrected chi connectivity index (χ1v) is 5.94. The summed E-state index contributed by atoms with van der Waals surface area (Å²) in [6, 6.07) is 3.08. The molecular weight excluding hydrogens is 306 g/mol. The highest BCUT2D eigenvalue weighted by molar-refractivity contribution is 9.10. The Labute approximate surface area is 112 Å². The summed E-state index contributed by atoms with van der Waals surface area (Å²) in [7, 11) is 1.44. The molecule has 7 heteroatoms. The van der Waals surface area contributed by atoms with Gasteiger partial charge in [0.1, 0.15) is 0 Å². The lowest BCUT2D eigenvalue weighted by Crippen LogP contribution is -2.50. The molecule has 1 atom stereocenters. The van der Waals surface area contributed by atoms with Gasteiger partial charge in [0, 0.05) is 7.11 Å². The average molecular weight is 320 g/mol. The van der Waals surface area contributed by atoms with Gasteiger partial charge in [0.2, 0.25) is 0 Å². The van der Waals surface area contributed by atoms with Crippen LogP contribution in [-0.2, 0) is 9.53 Å². The topological polar surface area (TPSA) is 88.8 Å². The van der Waals surface area contributed by atoms with Gasteiger partial charge >= 0.3 is 5.97 Å². The van der Waals surface area contributed by atoms with Gasteiger partial charge in [-0.15, -0.1) is 0 Å². The summed E-state index contributed by atoms with van der Waals surface area (Å²) in [6.45, 7) is 1.69. The van der Waals surface area contributed by atoms with Crippen molar-refractivity contribution in [2.45, 2.75) is 18.9 Å². The Morgan fingerprint density at radius 3 is 2.67 bits per heavy atom. The number of rotatable bonds is 6. The third kappa shape index (κ3) is 4.15. The molecule has 0 fully saturated rings. The van der Waals surface area contributed by atoms with Gasteiger partial charge < -0.3 is 19.6 Å². The lowest BCUT2D eigenvalue weighted by molar-refractivity contribution is -0.139. The van der Waals surface area contributed by atoms with Crippen LogP contribution >= 0.6 is 15.9 Å². The number of hydrogen-bond donors (Lipinski definition) is 2. The average Bonchev–Trinajstić information content (AvgIpc) is 2.63. The molecule has 1 aromatic heterocycles. The van der Waals surface area contributed by atoms with Gasteiger partial charge in [-0.05, 0) is 35.0 Å². The smallest absolute Gasteiger partial charge is 0.305 e. The fourth-order valence-corrected chi connectivity index (χ4v) is 1.86. The van der Waals surface area contributed by atoms with Crippen molar-refractivity contribution in [1.29, 1.82) is 0 Å². The molecule has 0 aromatic carbocycles. The molecule has 1 unspecified atom stereocenters. The number of carboxylic acid groups (broad SMARTS) is 1. The fraction of sp³-hybridized carbons (Fsp3) is 0.455. The summed E-state index contributed by atoms with van der Waals surface area (Å²) in [4.78, 5) is 22.6. The molecular formula is C11H14BrNO5. The number of carbonyl (C=O) groups excluding carboxylic acids is 1. The number of ether oxygens (including phenoxy) is 1. The van der Waals surface area contributed by atoms with E-state index in [9.17, 15) is 9.59 Å². The first-order valence-electron chi connectivity index (χ1n) is 5.15. The van der Waals surface area contributed by atoms with E-state index in [1.54, 1.807) is 13.0 Å². The van der Waals surface area contributed by atoms with Crippen LogP contribution in [0.4, 0.5) is 0 Å². The Morgan fingerprint density at radius 1 is 1.56 bits per heavy atom. The molecule has 1 heterocycles. The Bertz CT molecular complexity index is 444. The van der Waals surface area contributed by atoms with Gasteiger partial charge in [-0.3, -0.25) is 9.59 Å². The zero-order chi connectivity index (χ0) is 13.8. The quantitative estimate of drug-likeness (QED) is 0.832. The number of hydrogen-bond acceptors (Lipinski definition) is 4. The van der Waals surface area contributed by atoms with Gasteiger partial charge in [0.25, 0.3) is 5.91 Å². The molecule has 0 radical (unpaired) electrons. The minimum atomic E-state index is -1.02. The summed E-state index contributed by atoms with van der Waals surface area (Å²) in [5, 5.41) is 11.4. The number of furan rings is 1. The zero-order valence-corrected chi connectivity index (χ0v) is 11.6. The van der Waals surface area contributed by atoms with E-state index in [1.165, 1.54) is 13.2 Å². The number of halogens is 1. The van der Waals surface area contributed by atoms with Crippen LogP contribution in [0, 0.1) is 0 Å². The molecule has 1 rings (SSSR count). The van der Waals surface area contributed by atoms with Crippen LogP contribution in [0.25, 0.3) is 0 Å². The second-order valence-electron chi connectivity index (χ2n) is 4.12. The highest BCUT2D eigenvalue weighted by atomic mass is 79.9. The van der Waals surface area contributed by atoms with Crippen molar-refractivity contribution < 1.29 is 23.8 Å². The van der Waals surface area contributed by atoms with Gasteiger partial charge in [-0.25, -0.2) is 0 Å². The first-order chi connectivity index (χ1) is 8.36. The maximum absolute atomic E-state index is 11.9. The van der Waals surface area contributed by atoms with Crippen molar-refractivity contribution in [3.05, 3.63) is 22.6 Å². The lowest BCUT2D eigenvalue weighted by atomic mass is 9.99. The van der Waals surface area contributed by atoms with E-state index in [4.69, 9.17) is 14.3 Å². The van der Waals surface area contributed by atoms with Crippen LogP contribution < -0.4 is 5.32 Å². The Balaban J connectivity index is 2.77. The van der Waals surface area contributed by atoms with Crippen molar-refractivity contribution in [3.63, 3.8) is 0 Å². The second-order valence-corrected chi connectivity index (χ2v) is 4.90. The minimum Gasteiger partial charge on any atom is -0.481 e. The number of nitrogens with one attached hydrogen (secondary N) is 1. The van der Waals surface area contributed by atoms with Crippen molar-refractivity contribution in [2.24, 2.45) is 0 Å². The van der Waals surface area contributed by atoms with Crippen molar-refractivity contribution >= 4 is 27.8 Å². The van der Waals surface area contributed by atoms with E-state index in [1.807, 2.05) is 0 Å². The second kappa shape index (κ2) is 6.01. The number of aliphatic carboxylic acids is 1. The molecule has 0 bridgehead atoms. The Kier molecular flexibility index (Phi) is 4.92. The summed E-state index contributed by atoms with van der Waals surface area (Å²) in [5.41, 5.74) is -0.989. The van der Waals surface area contributed by atoms with Crippen LogP contribution in [0.5, 0.6) is 0 Å². The minimum absolute atomic E-state index is 0.0902. The molecule has 6 nitrogen and oxygen atoms in total. The molecule has 0 aliphatic rings. The van der Waals surface area contributed by atoms with E-state index in [0.717, 1.165) is 0 Å². The van der Waals surface area contributed by atoms with Gasteiger partial charge in [-0.2, -0.15) is 0 Å². The number of methoxy groups -OCH3 is 1. The third-order valence-electron chi connectivity index (χ3n) is 2.22. The molecule has 100 valence electrons. The fourth-order valence-electron chi connectivity index (χ4n) is 1.56. The zero-order valence-electron chi connectivity index (χ0n) is 10.0. The highest BCUT2D eigenvalue weighted by Crippen LogP contribution is 2.16. The molecule has 0 aliphatic heterocycles. The summed E-state index contributed by atoms with van der Waals surface area (Å²) >= 11 is 3.09. The van der Waals surface area contributed by atoms with Crippen LogP contribution in [0.2, 0.25) is 0 Å². The van der Waals surface area contributed by atoms with Crippen molar-refractivity contribution in [3.8, 4) is 0 Å². The maximum atomic E-state index is 11.9. The van der Waals surface area contributed by atoms with Crippen molar-refractivity contribution in [1.82, 2.24) is 5.32 Å². The van der Waals surface area contributed by atoms with Crippen LogP contribution in [0.3, 0.4) is 0 Å². The molecule has 0 aliphatic carbocycles. The van der Waals surface area contributed by atoms with Gasteiger partial charge in [0.15, 0.2) is 10.4 Å². The van der Waals surface area contributed by atoms with Crippen LogP contribution in [0.15, 0.2) is 21.2 Å². The predicted molar refractivity (Wildman–Crippen MR) is 66.4 cm³/mol. The highest BCUT2D eigenvalue weighted by Gasteiger charge is 2.30. The number of carbonyl (C=O) groups is 2. The summed E-state index contributed by atoms with van der Waals surface area (Å²) in [6.07, 6.45) is -0.242. The largest absolute Gasteiger partial charge is 0.481 e. The van der Waals surface area contributed by atoms with E-state index in [0.29, 0.717) is 4.67 Å².